The van der Waals surface area contributed by atoms with Gasteiger partial charge in [0.2, 0.25) is 0 Å². The summed E-state index contributed by atoms with van der Waals surface area (Å²) in [4.78, 5) is 8.42. The van der Waals surface area contributed by atoms with Crippen LogP contribution in [-0.4, -0.2) is 15.1 Å². The number of nitrogens with zero attached hydrogens (tertiary/aromatic N) is 2. The summed E-state index contributed by atoms with van der Waals surface area (Å²) in [5.74, 6) is 0.0166. The highest BCUT2D eigenvalue weighted by molar-refractivity contribution is 6.33. The summed E-state index contributed by atoms with van der Waals surface area (Å²) in [6.45, 7) is 3.43. The van der Waals surface area contributed by atoms with Crippen molar-refractivity contribution in [3.63, 3.8) is 0 Å². The zero-order valence-corrected chi connectivity index (χ0v) is 10.7. The van der Waals surface area contributed by atoms with Crippen LogP contribution in [0.4, 0.5) is 4.39 Å². The lowest BCUT2D eigenvalue weighted by atomic mass is 10.1. The highest BCUT2D eigenvalue weighted by atomic mass is 35.5. The van der Waals surface area contributed by atoms with E-state index in [0.29, 0.717) is 22.6 Å². The summed E-state index contributed by atoms with van der Waals surface area (Å²) in [6, 6.07) is 4.06. The van der Waals surface area contributed by atoms with Gasteiger partial charge in [-0.3, -0.25) is 0 Å². The zero-order valence-electron chi connectivity index (χ0n) is 9.98. The van der Waals surface area contributed by atoms with Gasteiger partial charge in [0.15, 0.2) is 5.82 Å². The Kier molecular flexibility index (Phi) is 3.59. The predicted octanol–water partition coefficient (Wildman–Crippen LogP) is 3.30. The number of aromatic nitrogens is 2. The molecule has 1 heterocycles. The number of aliphatic hydroxyl groups excluding tert-OH is 1. The normalized spacial score (nSPS) is 12.5. The molecule has 0 amide bonds. The molecule has 1 aromatic heterocycles. The third kappa shape index (κ3) is 2.49. The van der Waals surface area contributed by atoms with Gasteiger partial charge in [-0.2, -0.15) is 0 Å². The lowest BCUT2D eigenvalue weighted by molar-refractivity contribution is 0.197. The van der Waals surface area contributed by atoms with E-state index >= 15 is 0 Å². The van der Waals surface area contributed by atoms with Crippen molar-refractivity contribution in [3.8, 4) is 11.4 Å². The summed E-state index contributed by atoms with van der Waals surface area (Å²) in [7, 11) is 0. The first-order chi connectivity index (χ1) is 8.49. The Morgan fingerprint density at radius 1 is 1.39 bits per heavy atom. The van der Waals surface area contributed by atoms with Crippen molar-refractivity contribution in [1.29, 1.82) is 0 Å². The predicted molar refractivity (Wildman–Crippen MR) is 67.8 cm³/mol. The van der Waals surface area contributed by atoms with E-state index in [4.69, 9.17) is 11.6 Å². The smallest absolute Gasteiger partial charge is 0.160 e. The quantitative estimate of drug-likeness (QED) is 0.907. The van der Waals surface area contributed by atoms with E-state index in [1.165, 1.54) is 18.2 Å². The second-order valence-electron chi connectivity index (χ2n) is 4.03. The van der Waals surface area contributed by atoms with E-state index in [0.717, 1.165) is 0 Å². The number of aryl methyl sites for hydroxylation is 1. The van der Waals surface area contributed by atoms with Gasteiger partial charge in [0.25, 0.3) is 0 Å². The van der Waals surface area contributed by atoms with Crippen LogP contribution >= 0.6 is 11.6 Å². The van der Waals surface area contributed by atoms with E-state index < -0.39 is 11.9 Å². The van der Waals surface area contributed by atoms with Gasteiger partial charge in [0.1, 0.15) is 5.82 Å². The Morgan fingerprint density at radius 3 is 2.67 bits per heavy atom. The highest BCUT2D eigenvalue weighted by Crippen LogP contribution is 2.27. The van der Waals surface area contributed by atoms with Gasteiger partial charge in [0.05, 0.1) is 11.1 Å². The van der Waals surface area contributed by atoms with Crippen molar-refractivity contribution < 1.29 is 9.50 Å². The van der Waals surface area contributed by atoms with Gasteiger partial charge >= 0.3 is 0 Å². The van der Waals surface area contributed by atoms with E-state index in [2.05, 4.69) is 9.97 Å². The summed E-state index contributed by atoms with van der Waals surface area (Å²) < 4.78 is 13.0. The van der Waals surface area contributed by atoms with Crippen LogP contribution in [0.1, 0.15) is 24.3 Å². The number of halogens is 2. The molecule has 2 rings (SSSR count). The number of hydrogen-bond acceptors (Lipinski definition) is 3. The van der Waals surface area contributed by atoms with Crippen LogP contribution in [0, 0.1) is 12.7 Å². The lowest BCUT2D eigenvalue weighted by Crippen LogP contribution is -2.01. The van der Waals surface area contributed by atoms with Crippen molar-refractivity contribution >= 4 is 11.6 Å². The van der Waals surface area contributed by atoms with Crippen LogP contribution in [0.2, 0.25) is 5.02 Å². The van der Waals surface area contributed by atoms with Crippen LogP contribution in [-0.2, 0) is 0 Å². The summed E-state index contributed by atoms with van der Waals surface area (Å²) in [5.41, 5.74) is 1.91. The molecular weight excluding hydrogens is 255 g/mol. The van der Waals surface area contributed by atoms with Crippen molar-refractivity contribution in [2.45, 2.75) is 20.0 Å². The molecule has 1 aromatic carbocycles. The van der Waals surface area contributed by atoms with E-state index in [1.807, 2.05) is 0 Å². The van der Waals surface area contributed by atoms with Crippen LogP contribution in [0.15, 0.2) is 24.4 Å². The fourth-order valence-electron chi connectivity index (χ4n) is 1.69. The molecule has 0 fully saturated rings. The van der Waals surface area contributed by atoms with E-state index in [-0.39, 0.29) is 5.02 Å². The van der Waals surface area contributed by atoms with Gasteiger partial charge in [-0.1, -0.05) is 11.6 Å². The van der Waals surface area contributed by atoms with Gasteiger partial charge in [-0.25, -0.2) is 14.4 Å². The van der Waals surface area contributed by atoms with Gasteiger partial charge in [0, 0.05) is 23.0 Å². The first-order valence-electron chi connectivity index (χ1n) is 5.46. The molecule has 0 bridgehead atoms. The lowest BCUT2D eigenvalue weighted by Gasteiger charge is -2.09. The van der Waals surface area contributed by atoms with Crippen LogP contribution in [0.25, 0.3) is 11.4 Å². The minimum atomic E-state index is -0.622. The second-order valence-corrected chi connectivity index (χ2v) is 4.44. The molecule has 1 atom stereocenters. The van der Waals surface area contributed by atoms with Gasteiger partial charge < -0.3 is 5.11 Å². The molecule has 18 heavy (non-hydrogen) atoms. The Morgan fingerprint density at radius 2 is 2.11 bits per heavy atom. The Labute approximate surface area is 109 Å². The SMILES string of the molecule is Cc1nc(-c2ccc(F)cc2Cl)ncc1[C@@H](C)O. The van der Waals surface area contributed by atoms with Crippen molar-refractivity contribution in [2.24, 2.45) is 0 Å². The molecule has 94 valence electrons. The standard InChI is InChI=1S/C13H12ClFN2O/c1-7-11(8(2)18)6-16-13(17-7)10-4-3-9(15)5-12(10)14/h3-6,8,18H,1-2H3/t8-/m1/s1. The minimum absolute atomic E-state index is 0.263. The highest BCUT2D eigenvalue weighted by Gasteiger charge is 2.11. The van der Waals surface area contributed by atoms with Crippen LogP contribution in [0.5, 0.6) is 0 Å². The average Bonchev–Trinajstić information content (AvgIpc) is 2.28. The molecule has 0 aliphatic carbocycles. The molecule has 0 saturated carbocycles. The average molecular weight is 267 g/mol. The van der Waals surface area contributed by atoms with Crippen LogP contribution in [0.3, 0.4) is 0 Å². The molecule has 0 aliphatic heterocycles. The third-order valence-corrected chi connectivity index (χ3v) is 2.95. The minimum Gasteiger partial charge on any atom is -0.389 e. The first-order valence-corrected chi connectivity index (χ1v) is 5.84. The number of hydrogen-bond donors (Lipinski definition) is 1. The second kappa shape index (κ2) is 5.00. The third-order valence-electron chi connectivity index (χ3n) is 2.64. The molecule has 0 saturated heterocycles. The van der Waals surface area contributed by atoms with Crippen LogP contribution < -0.4 is 0 Å². The van der Waals surface area contributed by atoms with Crippen molar-refractivity contribution in [2.75, 3.05) is 0 Å². The van der Waals surface area contributed by atoms with E-state index in [1.54, 1.807) is 20.0 Å². The zero-order chi connectivity index (χ0) is 13.3. The van der Waals surface area contributed by atoms with Gasteiger partial charge in [-0.05, 0) is 32.0 Å². The number of rotatable bonds is 2. The number of benzene rings is 1. The molecule has 0 spiro atoms. The van der Waals surface area contributed by atoms with E-state index in [9.17, 15) is 9.50 Å². The monoisotopic (exact) mass is 266 g/mol. The molecule has 1 N–H and O–H groups in total. The Hall–Kier alpha value is -1.52. The molecule has 3 nitrogen and oxygen atoms in total. The van der Waals surface area contributed by atoms with Crippen molar-refractivity contribution in [3.05, 3.63) is 46.5 Å². The maximum atomic E-state index is 13.0. The summed E-state index contributed by atoms with van der Waals surface area (Å²) in [6.07, 6.45) is 0.935. The van der Waals surface area contributed by atoms with Crippen molar-refractivity contribution in [1.82, 2.24) is 9.97 Å². The largest absolute Gasteiger partial charge is 0.389 e. The maximum absolute atomic E-state index is 13.0. The fourth-order valence-corrected chi connectivity index (χ4v) is 1.94. The molecule has 5 heteroatoms. The molecular formula is C13H12ClFN2O. The molecule has 0 radical (unpaired) electrons. The topological polar surface area (TPSA) is 46.0 Å². The fraction of sp³-hybridized carbons (Fsp3) is 0.231. The first kappa shape index (κ1) is 12.9. The summed E-state index contributed by atoms with van der Waals surface area (Å²) >= 11 is 5.95. The summed E-state index contributed by atoms with van der Waals surface area (Å²) in [5, 5.41) is 9.76. The molecule has 2 aromatic rings. The van der Waals surface area contributed by atoms with Gasteiger partial charge in [-0.15, -0.1) is 0 Å². The Balaban J connectivity index is 2.49. The molecule has 0 aliphatic rings. The maximum Gasteiger partial charge on any atom is 0.160 e. The number of aliphatic hydroxyl groups is 1. The Bertz CT molecular complexity index is 587. The molecule has 0 unspecified atom stereocenters.